The highest BCUT2D eigenvalue weighted by Crippen LogP contribution is 2.25. The number of hydrogen-bond donors (Lipinski definition) is 1. The van der Waals surface area contributed by atoms with Crippen LogP contribution in [0.5, 0.6) is 0 Å². The number of hydrogen-bond acceptors (Lipinski definition) is 2. The Hall–Kier alpha value is -3.33. The maximum atomic E-state index is 4.71. The number of benzene rings is 3. The van der Waals surface area contributed by atoms with Crippen molar-refractivity contribution in [1.82, 2.24) is 9.55 Å². The van der Waals surface area contributed by atoms with Crippen molar-refractivity contribution in [2.45, 2.75) is 27.2 Å². The third kappa shape index (κ3) is 3.84. The number of aryl methyl sites for hydroxylation is 3. The Bertz CT molecular complexity index is 1070. The number of nitrogens with one attached hydrogen (secondary N) is 1. The van der Waals surface area contributed by atoms with Crippen LogP contribution in [0.4, 0.5) is 11.6 Å². The summed E-state index contributed by atoms with van der Waals surface area (Å²) in [6, 6.07) is 25.5. The molecule has 0 saturated carbocycles. The van der Waals surface area contributed by atoms with E-state index in [2.05, 4.69) is 103 Å². The van der Waals surface area contributed by atoms with E-state index in [1.165, 1.54) is 22.3 Å². The van der Waals surface area contributed by atoms with E-state index in [-0.39, 0.29) is 0 Å². The van der Waals surface area contributed by atoms with Crippen LogP contribution in [0.1, 0.15) is 27.9 Å². The Morgan fingerprint density at radius 1 is 0.786 bits per heavy atom. The first-order chi connectivity index (χ1) is 13.6. The van der Waals surface area contributed by atoms with Gasteiger partial charge in [-0.15, -0.1) is 0 Å². The Balaban J connectivity index is 1.75. The van der Waals surface area contributed by atoms with Crippen LogP contribution in [0.15, 0.2) is 79.0 Å². The quantitative estimate of drug-likeness (QED) is 0.460. The second-order valence-corrected chi connectivity index (χ2v) is 7.34. The second-order valence-electron chi connectivity index (χ2n) is 7.34. The molecule has 0 saturated heterocycles. The highest BCUT2D eigenvalue weighted by molar-refractivity contribution is 5.57. The van der Waals surface area contributed by atoms with E-state index in [4.69, 9.17) is 4.98 Å². The molecule has 28 heavy (non-hydrogen) atoms. The maximum absolute atomic E-state index is 4.71. The average Bonchev–Trinajstić information content (AvgIpc) is 3.08. The van der Waals surface area contributed by atoms with Crippen LogP contribution >= 0.6 is 0 Å². The zero-order valence-electron chi connectivity index (χ0n) is 16.6. The number of anilines is 2. The molecule has 3 aromatic carbocycles. The van der Waals surface area contributed by atoms with Gasteiger partial charge in [0.1, 0.15) is 0 Å². The third-order valence-corrected chi connectivity index (χ3v) is 5.07. The lowest BCUT2D eigenvalue weighted by molar-refractivity contribution is 0.955. The molecule has 4 rings (SSSR count). The molecule has 0 spiro atoms. The van der Waals surface area contributed by atoms with Gasteiger partial charge in [-0.3, -0.25) is 4.57 Å². The van der Waals surface area contributed by atoms with Gasteiger partial charge in [0.05, 0.1) is 6.20 Å². The molecule has 0 atom stereocenters. The van der Waals surface area contributed by atoms with Gasteiger partial charge in [0, 0.05) is 23.5 Å². The standard InChI is InChI=1S/C25H25N3/c1-18-8-12-22(13-9-18)27-25-26-17-24(16-21-7-5-4-6-20(21)3)28(25)23-14-10-19(2)11-15-23/h4-15,17H,16H2,1-3H3,(H,26,27). The number of imidazole rings is 1. The van der Waals surface area contributed by atoms with Gasteiger partial charge in [0.15, 0.2) is 0 Å². The molecule has 0 amide bonds. The van der Waals surface area contributed by atoms with E-state index >= 15 is 0 Å². The minimum atomic E-state index is 0.830. The van der Waals surface area contributed by atoms with Crippen molar-refractivity contribution in [3.05, 3.63) is 107 Å². The molecule has 4 aromatic rings. The maximum Gasteiger partial charge on any atom is 0.212 e. The first kappa shape index (κ1) is 18.1. The van der Waals surface area contributed by atoms with Crippen LogP contribution in [-0.2, 0) is 6.42 Å². The van der Waals surface area contributed by atoms with Crippen molar-refractivity contribution in [3.8, 4) is 5.69 Å². The molecule has 0 bridgehead atoms. The lowest BCUT2D eigenvalue weighted by Crippen LogP contribution is -2.06. The SMILES string of the molecule is Cc1ccc(Nc2ncc(Cc3ccccc3C)n2-c2ccc(C)cc2)cc1. The molecule has 1 aromatic heterocycles. The molecule has 1 N–H and O–H groups in total. The van der Waals surface area contributed by atoms with Gasteiger partial charge in [-0.25, -0.2) is 4.98 Å². The fourth-order valence-corrected chi connectivity index (χ4v) is 3.35. The van der Waals surface area contributed by atoms with Crippen molar-refractivity contribution < 1.29 is 0 Å². The Labute approximate surface area is 166 Å². The van der Waals surface area contributed by atoms with Crippen LogP contribution < -0.4 is 5.32 Å². The molecule has 0 unspecified atom stereocenters. The van der Waals surface area contributed by atoms with Crippen molar-refractivity contribution in [2.24, 2.45) is 0 Å². The largest absolute Gasteiger partial charge is 0.325 e. The van der Waals surface area contributed by atoms with Crippen LogP contribution in [-0.4, -0.2) is 9.55 Å². The van der Waals surface area contributed by atoms with Gasteiger partial charge in [-0.2, -0.15) is 0 Å². The topological polar surface area (TPSA) is 29.9 Å². The molecule has 0 aliphatic carbocycles. The monoisotopic (exact) mass is 367 g/mol. The van der Waals surface area contributed by atoms with E-state index in [1.54, 1.807) is 0 Å². The number of aromatic nitrogens is 2. The molecule has 0 fully saturated rings. The van der Waals surface area contributed by atoms with Gasteiger partial charge in [0.2, 0.25) is 5.95 Å². The molecule has 1 heterocycles. The lowest BCUT2D eigenvalue weighted by Gasteiger charge is -2.14. The zero-order valence-corrected chi connectivity index (χ0v) is 16.6. The highest BCUT2D eigenvalue weighted by Gasteiger charge is 2.13. The van der Waals surface area contributed by atoms with E-state index in [0.717, 1.165) is 29.4 Å². The summed E-state index contributed by atoms with van der Waals surface area (Å²) in [7, 11) is 0. The molecule has 0 aliphatic heterocycles. The van der Waals surface area contributed by atoms with Crippen molar-refractivity contribution in [2.75, 3.05) is 5.32 Å². The normalized spacial score (nSPS) is 10.8. The van der Waals surface area contributed by atoms with Crippen molar-refractivity contribution >= 4 is 11.6 Å². The van der Waals surface area contributed by atoms with Gasteiger partial charge in [-0.05, 0) is 56.2 Å². The predicted molar refractivity (Wildman–Crippen MR) is 117 cm³/mol. The van der Waals surface area contributed by atoms with Gasteiger partial charge in [0.25, 0.3) is 0 Å². The fraction of sp³-hybridized carbons (Fsp3) is 0.160. The predicted octanol–water partition coefficient (Wildman–Crippen LogP) is 6.13. The minimum Gasteiger partial charge on any atom is -0.325 e. The van der Waals surface area contributed by atoms with E-state index in [1.807, 2.05) is 6.20 Å². The summed E-state index contributed by atoms with van der Waals surface area (Å²) in [5, 5.41) is 3.49. The fourth-order valence-electron chi connectivity index (χ4n) is 3.35. The molecule has 140 valence electrons. The lowest BCUT2D eigenvalue weighted by atomic mass is 10.0. The summed E-state index contributed by atoms with van der Waals surface area (Å²) in [6.45, 7) is 6.36. The van der Waals surface area contributed by atoms with Crippen LogP contribution in [0.2, 0.25) is 0 Å². The third-order valence-electron chi connectivity index (χ3n) is 5.07. The molecule has 0 aliphatic rings. The molecular formula is C25H25N3. The van der Waals surface area contributed by atoms with Crippen molar-refractivity contribution in [1.29, 1.82) is 0 Å². The highest BCUT2D eigenvalue weighted by atomic mass is 15.2. The zero-order chi connectivity index (χ0) is 19.5. The summed E-state index contributed by atoms with van der Waals surface area (Å²) in [6.07, 6.45) is 2.81. The summed E-state index contributed by atoms with van der Waals surface area (Å²) in [5.74, 6) is 0.830. The van der Waals surface area contributed by atoms with E-state index in [9.17, 15) is 0 Å². The second kappa shape index (κ2) is 7.73. The molecule has 3 heteroatoms. The minimum absolute atomic E-state index is 0.830. The summed E-state index contributed by atoms with van der Waals surface area (Å²) >= 11 is 0. The van der Waals surface area contributed by atoms with Gasteiger partial charge >= 0.3 is 0 Å². The molecule has 0 radical (unpaired) electrons. The Morgan fingerprint density at radius 2 is 1.43 bits per heavy atom. The summed E-state index contributed by atoms with van der Waals surface area (Å²) in [4.78, 5) is 4.71. The van der Waals surface area contributed by atoms with E-state index in [0.29, 0.717) is 0 Å². The summed E-state index contributed by atoms with van der Waals surface area (Å²) < 4.78 is 2.21. The van der Waals surface area contributed by atoms with Crippen LogP contribution in [0.3, 0.4) is 0 Å². The first-order valence-corrected chi connectivity index (χ1v) is 9.62. The average molecular weight is 367 g/mol. The number of rotatable bonds is 5. The molecular weight excluding hydrogens is 342 g/mol. The Kier molecular flexibility index (Phi) is 4.98. The Morgan fingerprint density at radius 3 is 2.11 bits per heavy atom. The van der Waals surface area contributed by atoms with Crippen LogP contribution in [0.25, 0.3) is 5.69 Å². The summed E-state index contributed by atoms with van der Waals surface area (Å²) in [5.41, 5.74) is 8.41. The van der Waals surface area contributed by atoms with Gasteiger partial charge in [-0.1, -0.05) is 59.7 Å². The number of nitrogens with zero attached hydrogens (tertiary/aromatic N) is 2. The van der Waals surface area contributed by atoms with E-state index < -0.39 is 0 Å². The first-order valence-electron chi connectivity index (χ1n) is 9.62. The van der Waals surface area contributed by atoms with Crippen molar-refractivity contribution in [3.63, 3.8) is 0 Å². The molecule has 3 nitrogen and oxygen atoms in total. The van der Waals surface area contributed by atoms with Crippen LogP contribution in [0, 0.1) is 20.8 Å². The smallest absolute Gasteiger partial charge is 0.212 e. The van der Waals surface area contributed by atoms with Gasteiger partial charge < -0.3 is 5.32 Å².